The number of aliphatic hydroxyl groups is 2. The predicted octanol–water partition coefficient (Wildman–Crippen LogP) is -1.65. The van der Waals surface area contributed by atoms with Gasteiger partial charge in [-0.05, 0) is 68.0 Å². The number of carbonyl (C=O) groups excluding carboxylic acids is 2. The second kappa shape index (κ2) is 8.41. The molecule has 0 unspecified atom stereocenters. The summed E-state index contributed by atoms with van der Waals surface area (Å²) in [5.74, 6) is -3.90. The average molecular weight is 472 g/mol. The molecule has 0 amide bonds. The molecule has 0 aromatic rings. The number of hydrogen-bond acceptors (Lipinski definition) is 8. The summed E-state index contributed by atoms with van der Waals surface area (Å²) in [5.41, 5.74) is -4.57. The number of fused-ring (bicyclic) bond motifs is 5. The van der Waals surface area contributed by atoms with E-state index in [4.69, 9.17) is 6.85 Å². The normalized spacial score (nSPS) is 55.0. The van der Waals surface area contributed by atoms with Crippen molar-refractivity contribution in [3.05, 3.63) is 0 Å². The maximum absolute atomic E-state index is 13.7. The molecule has 0 radical (unpaired) electrons. The van der Waals surface area contributed by atoms with E-state index in [0.29, 0.717) is 12.8 Å². The summed E-state index contributed by atoms with van der Waals surface area (Å²) in [6.07, 6.45) is -8.15. The zero-order valence-electron chi connectivity index (χ0n) is 23.0. The van der Waals surface area contributed by atoms with Gasteiger partial charge in [-0.1, -0.05) is 13.8 Å². The number of hydrogen-bond donors (Lipinski definition) is 2. The zero-order chi connectivity index (χ0) is 26.6. The number of Topliss-reactive ketones (excluding diaryl/α,β-unsaturated/α-hetero) is 2. The van der Waals surface area contributed by atoms with Crippen molar-refractivity contribution in [2.45, 2.75) is 76.8 Å². The van der Waals surface area contributed by atoms with Crippen LogP contribution in [0.25, 0.3) is 0 Å². The molecule has 4 aliphatic carbocycles. The van der Waals surface area contributed by atoms with Gasteiger partial charge in [0.1, 0.15) is 18.0 Å². The fourth-order valence-corrected chi connectivity index (χ4v) is 7.23. The summed E-state index contributed by atoms with van der Waals surface area (Å²) in [6, 6.07) is 0. The maximum Gasteiger partial charge on any atom is 1.00 e. The molecule has 0 saturated heterocycles. The molecule has 4 rings (SSSR count). The molecule has 2 N–H and O–H groups in total. The first-order valence-corrected chi connectivity index (χ1v) is 11.6. The SMILES string of the molecule is [2H]C1([2H])C[C@@]2(C)[C@H](CC[C@@H]3[C@@H]2C(=O)C[C@@]2(C)[C@H]3CC[C@]2(O)C(=O)COS(=O)(=O)[O-])C([2H])([2H])[C@]1([2H])O.[Na+]. The Kier molecular flexibility index (Phi) is 5.27. The molecule has 0 bridgehead atoms. The van der Waals surface area contributed by atoms with Gasteiger partial charge in [0.2, 0.25) is 10.4 Å². The number of carbonyl (C=O) groups is 2. The van der Waals surface area contributed by atoms with Crippen molar-refractivity contribution in [1.29, 1.82) is 0 Å². The van der Waals surface area contributed by atoms with Gasteiger partial charge in [0, 0.05) is 23.2 Å². The zero-order valence-corrected chi connectivity index (χ0v) is 20.8. The summed E-state index contributed by atoms with van der Waals surface area (Å²) in [5, 5.41) is 22.0. The topological polar surface area (TPSA) is 141 Å². The van der Waals surface area contributed by atoms with Gasteiger partial charge in [0.15, 0.2) is 5.78 Å². The van der Waals surface area contributed by atoms with Crippen LogP contribution in [0.4, 0.5) is 0 Å². The van der Waals surface area contributed by atoms with E-state index in [-0.39, 0.29) is 66.9 Å². The summed E-state index contributed by atoms with van der Waals surface area (Å²) in [4.78, 5) is 26.5. The molecule has 10 heteroatoms. The maximum atomic E-state index is 13.7. The minimum absolute atomic E-state index is 0. The van der Waals surface area contributed by atoms with Crippen LogP contribution in [0.15, 0.2) is 0 Å². The third-order valence-corrected chi connectivity index (χ3v) is 8.86. The van der Waals surface area contributed by atoms with Crippen LogP contribution in [0.3, 0.4) is 0 Å². The molecule has 170 valence electrons. The molecule has 0 heterocycles. The van der Waals surface area contributed by atoms with Crippen LogP contribution in [0, 0.1) is 34.5 Å². The van der Waals surface area contributed by atoms with Crippen molar-refractivity contribution >= 4 is 22.0 Å². The standard InChI is InChI=1S/C21H32O8S.Na/c1-19-7-5-13(22)9-12(19)3-4-14-15-6-8-21(25,17(24)11-29-30(26,27)28)20(15,2)10-16(23)18(14)19;/h12-15,18,22,25H,3-11H2,1-2H3,(H,26,27,28);/q;+1/p-1/t12-,13-,14+,15+,18-,19+,20+,21+;/m1./s1/i5D2,9D2,13D;. The van der Waals surface area contributed by atoms with Crippen LogP contribution in [0.5, 0.6) is 0 Å². The van der Waals surface area contributed by atoms with E-state index in [9.17, 15) is 32.8 Å². The second-order valence-electron chi connectivity index (χ2n) is 9.78. The minimum Gasteiger partial charge on any atom is -0.726 e. The van der Waals surface area contributed by atoms with Crippen LogP contribution in [0.2, 0.25) is 0 Å². The van der Waals surface area contributed by atoms with Crippen LogP contribution >= 0.6 is 0 Å². The van der Waals surface area contributed by atoms with Gasteiger partial charge < -0.3 is 14.8 Å². The number of rotatable bonds is 4. The Morgan fingerprint density at radius 2 is 2.00 bits per heavy atom. The molecular weight excluding hydrogens is 435 g/mol. The van der Waals surface area contributed by atoms with E-state index in [1.54, 1.807) is 13.8 Å². The third-order valence-electron chi connectivity index (χ3n) is 8.45. The first-order valence-electron chi connectivity index (χ1n) is 12.8. The molecule has 8 atom stereocenters. The quantitative estimate of drug-likeness (QED) is 0.282. The van der Waals surface area contributed by atoms with Crippen LogP contribution in [0.1, 0.15) is 72.0 Å². The van der Waals surface area contributed by atoms with E-state index in [2.05, 4.69) is 4.18 Å². The van der Waals surface area contributed by atoms with Gasteiger partial charge in [0.25, 0.3) is 0 Å². The summed E-state index contributed by atoms with van der Waals surface area (Å²) >= 11 is 0. The Bertz CT molecular complexity index is 1070. The van der Waals surface area contributed by atoms with Gasteiger partial charge in [-0.25, -0.2) is 8.42 Å². The van der Waals surface area contributed by atoms with Gasteiger partial charge in [-0.2, -0.15) is 0 Å². The second-order valence-corrected chi connectivity index (χ2v) is 10.8. The average Bonchev–Trinajstić information content (AvgIpc) is 2.95. The van der Waals surface area contributed by atoms with E-state index in [1.807, 2.05) is 0 Å². The molecule has 0 spiro atoms. The van der Waals surface area contributed by atoms with Crippen LogP contribution in [-0.2, 0) is 24.2 Å². The molecule has 4 fully saturated rings. The smallest absolute Gasteiger partial charge is 0.726 e. The first kappa shape index (κ1) is 19.4. The largest absolute Gasteiger partial charge is 1.00 e. The monoisotopic (exact) mass is 471 g/mol. The first-order chi connectivity index (χ1) is 15.7. The molecule has 4 aliphatic rings. The van der Waals surface area contributed by atoms with E-state index >= 15 is 0 Å². The molecule has 8 nitrogen and oxygen atoms in total. The van der Waals surface area contributed by atoms with Crippen molar-refractivity contribution in [3.63, 3.8) is 0 Å². The molecule has 4 saturated carbocycles. The summed E-state index contributed by atoms with van der Waals surface area (Å²) < 4.78 is 78.3. The van der Waals surface area contributed by atoms with Crippen molar-refractivity contribution in [1.82, 2.24) is 0 Å². The van der Waals surface area contributed by atoms with E-state index in [1.165, 1.54) is 0 Å². The summed E-state index contributed by atoms with van der Waals surface area (Å²) in [7, 11) is -5.16. The fraction of sp³-hybridized carbons (Fsp3) is 0.905. The third kappa shape index (κ3) is 4.01. The Balaban J connectivity index is 0.00000361. The van der Waals surface area contributed by atoms with E-state index in [0.717, 1.165) is 0 Å². The Morgan fingerprint density at radius 3 is 2.65 bits per heavy atom. The Hall–Kier alpha value is 0.130. The molecule has 0 aromatic heterocycles. The predicted molar refractivity (Wildman–Crippen MR) is 104 cm³/mol. The Labute approximate surface area is 212 Å². The molecule has 31 heavy (non-hydrogen) atoms. The van der Waals surface area contributed by atoms with Crippen molar-refractivity contribution in [2.75, 3.05) is 6.61 Å². The van der Waals surface area contributed by atoms with Gasteiger partial charge >= 0.3 is 29.6 Å². The molecule has 0 aliphatic heterocycles. The van der Waals surface area contributed by atoms with Crippen LogP contribution in [-0.4, -0.2) is 53.0 Å². The van der Waals surface area contributed by atoms with Gasteiger partial charge in [-0.3, -0.25) is 13.8 Å². The van der Waals surface area contributed by atoms with Crippen molar-refractivity contribution in [2.24, 2.45) is 34.5 Å². The van der Waals surface area contributed by atoms with Gasteiger partial charge in [-0.15, -0.1) is 0 Å². The van der Waals surface area contributed by atoms with Crippen molar-refractivity contribution in [3.8, 4) is 0 Å². The van der Waals surface area contributed by atoms with E-state index < -0.39 is 75.8 Å². The molecule has 0 aromatic carbocycles. The molecular formula is C21H31NaO8S. The summed E-state index contributed by atoms with van der Waals surface area (Å²) in [6.45, 7) is 2.08. The van der Waals surface area contributed by atoms with Crippen molar-refractivity contribution < 1.29 is 73.4 Å². The fourth-order valence-electron chi connectivity index (χ4n) is 6.98. The van der Waals surface area contributed by atoms with Crippen LogP contribution < -0.4 is 29.6 Å². The minimum atomic E-state index is -5.16. The number of ketones is 2. The Morgan fingerprint density at radius 1 is 1.32 bits per heavy atom. The van der Waals surface area contributed by atoms with Gasteiger partial charge in [0.05, 0.1) is 7.45 Å².